The summed E-state index contributed by atoms with van der Waals surface area (Å²) >= 11 is 4.53. The summed E-state index contributed by atoms with van der Waals surface area (Å²) in [5, 5.41) is 14.0. The smallest absolute Gasteiger partial charge is 0.204 e. The van der Waals surface area contributed by atoms with Crippen molar-refractivity contribution in [3.8, 4) is 17.1 Å². The van der Waals surface area contributed by atoms with E-state index in [9.17, 15) is 0 Å². The average molecular weight is 504 g/mol. The third kappa shape index (κ3) is 3.51. The Balaban J connectivity index is 1.83. The molecule has 0 aliphatic carbocycles. The van der Waals surface area contributed by atoms with Gasteiger partial charge in [-0.3, -0.25) is 0 Å². The summed E-state index contributed by atoms with van der Waals surface area (Å²) in [6.07, 6.45) is 0. The van der Waals surface area contributed by atoms with Gasteiger partial charge in [-0.2, -0.15) is 5.21 Å². The van der Waals surface area contributed by atoms with Crippen molar-refractivity contribution in [3.63, 3.8) is 0 Å². The summed E-state index contributed by atoms with van der Waals surface area (Å²) in [4.78, 5) is 0. The Morgan fingerprint density at radius 2 is 1.76 bits per heavy atom. The lowest BCUT2D eigenvalue weighted by atomic mass is 10.2. The minimum atomic E-state index is 0.550. The minimum Gasteiger partial charge on any atom is -0.487 e. The quantitative estimate of drug-likeness (QED) is 0.552. The van der Waals surface area contributed by atoms with Crippen LogP contribution >= 0.6 is 45.2 Å². The van der Waals surface area contributed by atoms with Crippen molar-refractivity contribution >= 4 is 45.2 Å². The molecule has 0 spiro atoms. The van der Waals surface area contributed by atoms with Gasteiger partial charge in [0.25, 0.3) is 0 Å². The molecule has 21 heavy (non-hydrogen) atoms. The fourth-order valence-corrected chi connectivity index (χ4v) is 3.92. The molecule has 0 aliphatic rings. The first-order valence-corrected chi connectivity index (χ1v) is 8.29. The number of nitrogens with zero attached hydrogens (tertiary/aromatic N) is 3. The third-order valence-electron chi connectivity index (χ3n) is 2.83. The van der Waals surface area contributed by atoms with Crippen molar-refractivity contribution in [1.82, 2.24) is 20.6 Å². The number of nitrogens with one attached hydrogen (secondary N) is 1. The molecule has 3 rings (SSSR count). The van der Waals surface area contributed by atoms with E-state index in [4.69, 9.17) is 4.74 Å². The van der Waals surface area contributed by atoms with Gasteiger partial charge in [0.2, 0.25) is 5.82 Å². The second kappa shape index (κ2) is 6.69. The van der Waals surface area contributed by atoms with E-state index in [-0.39, 0.29) is 0 Å². The van der Waals surface area contributed by atoms with E-state index in [0.29, 0.717) is 12.4 Å². The SMILES string of the molecule is Ic1cc(-c2nn[nH]n2)cc(I)c1OCc1ccccc1. The molecular weight excluding hydrogens is 494 g/mol. The van der Waals surface area contributed by atoms with E-state index in [0.717, 1.165) is 24.0 Å². The molecule has 3 aromatic rings. The maximum absolute atomic E-state index is 5.95. The van der Waals surface area contributed by atoms with E-state index in [2.05, 4.69) is 65.8 Å². The van der Waals surface area contributed by atoms with Gasteiger partial charge in [0.15, 0.2) is 0 Å². The zero-order valence-electron chi connectivity index (χ0n) is 10.8. The highest BCUT2D eigenvalue weighted by Gasteiger charge is 2.12. The second-order valence-corrected chi connectivity index (χ2v) is 6.60. The number of hydrogen-bond acceptors (Lipinski definition) is 4. The molecule has 1 aromatic heterocycles. The highest BCUT2D eigenvalue weighted by atomic mass is 127. The fraction of sp³-hybridized carbons (Fsp3) is 0.0714. The predicted molar refractivity (Wildman–Crippen MR) is 95.8 cm³/mol. The Morgan fingerprint density at radius 3 is 2.38 bits per heavy atom. The van der Waals surface area contributed by atoms with Crippen LogP contribution in [0.2, 0.25) is 0 Å². The van der Waals surface area contributed by atoms with Crippen LogP contribution in [-0.2, 0) is 6.61 Å². The molecule has 7 heteroatoms. The van der Waals surface area contributed by atoms with Gasteiger partial charge in [-0.1, -0.05) is 30.3 Å². The molecule has 106 valence electrons. The standard InChI is InChI=1S/C14H10I2N4O/c15-11-6-10(14-17-19-20-18-14)7-12(16)13(11)21-8-9-4-2-1-3-5-9/h1-7H,8H2,(H,17,18,19,20). The molecular formula is C14H10I2N4O. The summed E-state index contributed by atoms with van der Waals surface area (Å²) in [6.45, 7) is 0.550. The number of tetrazole rings is 1. The first-order valence-electron chi connectivity index (χ1n) is 6.13. The van der Waals surface area contributed by atoms with Gasteiger partial charge >= 0.3 is 0 Å². The van der Waals surface area contributed by atoms with Gasteiger partial charge in [-0.25, -0.2) is 0 Å². The maximum atomic E-state index is 5.95. The van der Waals surface area contributed by atoms with Crippen LogP contribution in [-0.4, -0.2) is 20.6 Å². The predicted octanol–water partition coefficient (Wildman–Crippen LogP) is 3.65. The Labute approximate surface area is 148 Å². The lowest BCUT2D eigenvalue weighted by molar-refractivity contribution is 0.302. The summed E-state index contributed by atoms with van der Waals surface area (Å²) < 4.78 is 7.99. The highest BCUT2D eigenvalue weighted by Crippen LogP contribution is 2.32. The van der Waals surface area contributed by atoms with Crippen molar-refractivity contribution in [2.45, 2.75) is 6.61 Å². The molecule has 0 unspecified atom stereocenters. The Kier molecular flexibility index (Phi) is 4.68. The molecule has 0 bridgehead atoms. The number of rotatable bonds is 4. The molecule has 0 aliphatic heterocycles. The summed E-state index contributed by atoms with van der Waals surface area (Å²) in [6, 6.07) is 14.1. The minimum absolute atomic E-state index is 0.550. The number of halogens is 2. The van der Waals surface area contributed by atoms with Gasteiger partial charge < -0.3 is 4.74 Å². The Morgan fingerprint density at radius 1 is 1.05 bits per heavy atom. The molecule has 0 saturated carbocycles. The number of benzene rings is 2. The lowest BCUT2D eigenvalue weighted by Crippen LogP contribution is -1.99. The van der Waals surface area contributed by atoms with E-state index < -0.39 is 0 Å². The van der Waals surface area contributed by atoms with E-state index in [1.807, 2.05) is 42.5 Å². The van der Waals surface area contributed by atoms with E-state index >= 15 is 0 Å². The lowest BCUT2D eigenvalue weighted by Gasteiger charge is -2.11. The van der Waals surface area contributed by atoms with Crippen LogP contribution in [0.3, 0.4) is 0 Å². The first-order chi connectivity index (χ1) is 10.2. The first kappa shape index (κ1) is 14.7. The van der Waals surface area contributed by atoms with Crippen LogP contribution in [0.15, 0.2) is 42.5 Å². The number of hydrogen-bond donors (Lipinski definition) is 1. The topological polar surface area (TPSA) is 63.7 Å². The van der Waals surface area contributed by atoms with Gasteiger partial charge in [-0.15, -0.1) is 10.2 Å². The van der Waals surface area contributed by atoms with Crippen LogP contribution in [0.4, 0.5) is 0 Å². The van der Waals surface area contributed by atoms with Gasteiger partial charge in [0.1, 0.15) is 12.4 Å². The maximum Gasteiger partial charge on any atom is 0.204 e. The molecule has 5 nitrogen and oxygen atoms in total. The Bertz CT molecular complexity index is 709. The molecule has 0 amide bonds. The number of H-pyrrole nitrogens is 1. The number of aromatic nitrogens is 4. The number of aromatic amines is 1. The largest absolute Gasteiger partial charge is 0.487 e. The van der Waals surface area contributed by atoms with E-state index in [1.54, 1.807) is 0 Å². The Hall–Kier alpha value is -1.23. The molecule has 0 saturated heterocycles. The van der Waals surface area contributed by atoms with Crippen LogP contribution in [0.25, 0.3) is 11.4 Å². The fourth-order valence-electron chi connectivity index (χ4n) is 1.84. The third-order valence-corrected chi connectivity index (χ3v) is 4.43. The van der Waals surface area contributed by atoms with Gasteiger partial charge in [-0.05, 0) is 68.1 Å². The van der Waals surface area contributed by atoms with Crippen molar-refractivity contribution in [2.75, 3.05) is 0 Å². The monoisotopic (exact) mass is 504 g/mol. The van der Waals surface area contributed by atoms with Crippen molar-refractivity contribution in [3.05, 3.63) is 55.2 Å². The van der Waals surface area contributed by atoms with E-state index in [1.165, 1.54) is 0 Å². The van der Waals surface area contributed by atoms with Crippen LogP contribution < -0.4 is 4.74 Å². The zero-order valence-corrected chi connectivity index (χ0v) is 15.1. The van der Waals surface area contributed by atoms with Crippen LogP contribution in [0.1, 0.15) is 5.56 Å². The molecule has 2 aromatic carbocycles. The van der Waals surface area contributed by atoms with Crippen LogP contribution in [0.5, 0.6) is 5.75 Å². The van der Waals surface area contributed by atoms with Gasteiger partial charge in [0, 0.05) is 5.56 Å². The zero-order chi connectivity index (χ0) is 14.7. The molecule has 1 N–H and O–H groups in total. The van der Waals surface area contributed by atoms with Crippen molar-refractivity contribution in [2.24, 2.45) is 0 Å². The molecule has 0 atom stereocenters. The molecule has 0 radical (unpaired) electrons. The number of ether oxygens (including phenoxy) is 1. The van der Waals surface area contributed by atoms with Crippen LogP contribution in [0, 0.1) is 7.14 Å². The van der Waals surface area contributed by atoms with Crippen molar-refractivity contribution in [1.29, 1.82) is 0 Å². The molecule has 0 fully saturated rings. The van der Waals surface area contributed by atoms with Gasteiger partial charge in [0.05, 0.1) is 7.14 Å². The average Bonchev–Trinajstić information content (AvgIpc) is 3.01. The molecule has 1 heterocycles. The summed E-state index contributed by atoms with van der Waals surface area (Å²) in [5.74, 6) is 1.47. The summed E-state index contributed by atoms with van der Waals surface area (Å²) in [7, 11) is 0. The highest BCUT2D eigenvalue weighted by molar-refractivity contribution is 14.1. The summed E-state index contributed by atoms with van der Waals surface area (Å²) in [5.41, 5.74) is 2.07. The van der Waals surface area contributed by atoms with Crippen molar-refractivity contribution < 1.29 is 4.74 Å². The normalized spacial score (nSPS) is 10.6. The second-order valence-electron chi connectivity index (χ2n) is 4.28.